The van der Waals surface area contributed by atoms with Gasteiger partial charge in [-0.3, -0.25) is 4.79 Å². The van der Waals surface area contributed by atoms with Gasteiger partial charge in [-0.15, -0.1) is 11.3 Å². The molecule has 1 rings (SSSR count). The molecule has 1 aromatic heterocycles. The van der Waals surface area contributed by atoms with Gasteiger partial charge in [-0.2, -0.15) is 8.78 Å². The van der Waals surface area contributed by atoms with Gasteiger partial charge >= 0.3 is 5.97 Å². The van der Waals surface area contributed by atoms with E-state index in [9.17, 15) is 13.6 Å². The van der Waals surface area contributed by atoms with Crippen LogP contribution in [0.15, 0.2) is 6.20 Å². The zero-order chi connectivity index (χ0) is 10.1. The van der Waals surface area contributed by atoms with Crippen LogP contribution in [0.25, 0.3) is 0 Å². The first-order valence-corrected chi connectivity index (χ1v) is 4.26. The number of thiazole rings is 1. The molecule has 6 heteroatoms. The topological polar surface area (TPSA) is 50.2 Å². The summed E-state index contributed by atoms with van der Waals surface area (Å²) in [6.07, 6.45) is -0.169. The molecule has 0 aliphatic heterocycles. The van der Waals surface area contributed by atoms with Crippen molar-refractivity contribution in [1.29, 1.82) is 0 Å². The molecule has 1 aromatic rings. The summed E-state index contributed by atoms with van der Waals surface area (Å²) in [5.41, 5.74) is 0. The second-order valence-corrected chi connectivity index (χ2v) is 3.75. The molecule has 0 atom stereocenters. The zero-order valence-electron chi connectivity index (χ0n) is 6.75. The second-order valence-electron chi connectivity index (χ2n) is 2.52. The standard InChI is InChI=1S/C7H7F2NO2S/c1-4-10-3-5(13-4)7(8,9)2-6(11)12/h3H,2H2,1H3,(H,11,12). The molecule has 0 aliphatic carbocycles. The van der Waals surface area contributed by atoms with E-state index in [-0.39, 0.29) is 4.88 Å². The molecular formula is C7H7F2NO2S. The van der Waals surface area contributed by atoms with Gasteiger partial charge in [-0.05, 0) is 6.92 Å². The Morgan fingerprint density at radius 2 is 2.38 bits per heavy atom. The number of carboxylic acid groups (broad SMARTS) is 1. The van der Waals surface area contributed by atoms with Crippen molar-refractivity contribution in [3.8, 4) is 0 Å². The van der Waals surface area contributed by atoms with E-state index in [1.807, 2.05) is 0 Å². The van der Waals surface area contributed by atoms with Gasteiger partial charge in [0, 0.05) is 6.20 Å². The first-order chi connectivity index (χ1) is 5.92. The lowest BCUT2D eigenvalue weighted by Gasteiger charge is -2.09. The molecule has 13 heavy (non-hydrogen) atoms. The van der Waals surface area contributed by atoms with Crippen molar-refractivity contribution >= 4 is 17.3 Å². The van der Waals surface area contributed by atoms with Crippen LogP contribution >= 0.6 is 11.3 Å². The predicted octanol–water partition coefficient (Wildman–Crippen LogP) is 2.02. The van der Waals surface area contributed by atoms with Crippen LogP contribution in [0.5, 0.6) is 0 Å². The third-order valence-corrected chi connectivity index (χ3v) is 2.38. The number of hydrogen-bond acceptors (Lipinski definition) is 3. The van der Waals surface area contributed by atoms with Gasteiger partial charge in [-0.25, -0.2) is 4.98 Å². The van der Waals surface area contributed by atoms with Crippen molar-refractivity contribution in [2.45, 2.75) is 19.3 Å². The maximum atomic E-state index is 13.0. The van der Waals surface area contributed by atoms with Crippen LogP contribution in [0.3, 0.4) is 0 Å². The fourth-order valence-electron chi connectivity index (χ4n) is 0.808. The average molecular weight is 207 g/mol. The van der Waals surface area contributed by atoms with Crippen LogP contribution in [-0.4, -0.2) is 16.1 Å². The molecule has 0 amide bonds. The summed E-state index contributed by atoms with van der Waals surface area (Å²) < 4.78 is 26.0. The van der Waals surface area contributed by atoms with E-state index in [1.54, 1.807) is 6.92 Å². The number of aliphatic carboxylic acids is 1. The number of hydrogen-bond donors (Lipinski definition) is 1. The summed E-state index contributed by atoms with van der Waals surface area (Å²) in [5, 5.41) is 8.72. The molecule has 1 N–H and O–H groups in total. The minimum atomic E-state index is -3.31. The van der Waals surface area contributed by atoms with Crippen molar-refractivity contribution in [2.75, 3.05) is 0 Å². The molecule has 0 bridgehead atoms. The highest BCUT2D eigenvalue weighted by Gasteiger charge is 2.36. The summed E-state index contributed by atoms with van der Waals surface area (Å²) in [5.74, 6) is -4.83. The van der Waals surface area contributed by atoms with E-state index < -0.39 is 18.3 Å². The molecule has 0 fully saturated rings. The van der Waals surface area contributed by atoms with Crippen molar-refractivity contribution in [3.05, 3.63) is 16.1 Å². The van der Waals surface area contributed by atoms with Crippen molar-refractivity contribution in [1.82, 2.24) is 4.98 Å². The van der Waals surface area contributed by atoms with Crippen LogP contribution in [0, 0.1) is 6.92 Å². The van der Waals surface area contributed by atoms with E-state index in [4.69, 9.17) is 5.11 Å². The Hall–Kier alpha value is -1.04. The summed E-state index contributed by atoms with van der Waals surface area (Å²) in [6, 6.07) is 0. The highest BCUT2D eigenvalue weighted by molar-refractivity contribution is 7.11. The summed E-state index contributed by atoms with van der Waals surface area (Å²) in [7, 11) is 0. The Kier molecular flexibility index (Phi) is 2.60. The number of aryl methyl sites for hydroxylation is 1. The van der Waals surface area contributed by atoms with Crippen LogP contribution in [0.2, 0.25) is 0 Å². The van der Waals surface area contributed by atoms with Gasteiger partial charge in [0.05, 0.1) is 9.88 Å². The van der Waals surface area contributed by atoms with Crippen LogP contribution in [0.1, 0.15) is 16.3 Å². The largest absolute Gasteiger partial charge is 0.481 e. The lowest BCUT2D eigenvalue weighted by molar-refractivity contribution is -0.145. The Morgan fingerprint density at radius 3 is 2.77 bits per heavy atom. The minimum Gasteiger partial charge on any atom is -0.481 e. The third kappa shape index (κ3) is 2.45. The normalized spacial score (nSPS) is 11.6. The Bertz CT molecular complexity index is 324. The first kappa shape index (κ1) is 10.0. The zero-order valence-corrected chi connectivity index (χ0v) is 7.57. The van der Waals surface area contributed by atoms with Gasteiger partial charge in [0.25, 0.3) is 5.92 Å². The minimum absolute atomic E-state index is 0.299. The fraction of sp³-hybridized carbons (Fsp3) is 0.429. The van der Waals surface area contributed by atoms with E-state index in [2.05, 4.69) is 4.98 Å². The maximum absolute atomic E-state index is 13.0. The molecule has 0 unspecified atom stereocenters. The highest BCUT2D eigenvalue weighted by atomic mass is 32.1. The third-order valence-electron chi connectivity index (χ3n) is 1.36. The first-order valence-electron chi connectivity index (χ1n) is 3.44. The number of carboxylic acids is 1. The van der Waals surface area contributed by atoms with Gasteiger partial charge in [-0.1, -0.05) is 0 Å². The SMILES string of the molecule is Cc1ncc(C(F)(F)CC(=O)O)s1. The molecule has 0 saturated carbocycles. The number of alkyl halides is 2. The molecule has 1 heterocycles. The predicted molar refractivity (Wildman–Crippen MR) is 43.0 cm³/mol. The van der Waals surface area contributed by atoms with E-state index >= 15 is 0 Å². The summed E-state index contributed by atoms with van der Waals surface area (Å²) >= 11 is 0.812. The molecule has 0 saturated heterocycles. The van der Waals surface area contributed by atoms with E-state index in [0.717, 1.165) is 17.5 Å². The molecule has 0 radical (unpaired) electrons. The Morgan fingerprint density at radius 1 is 1.77 bits per heavy atom. The second kappa shape index (κ2) is 3.37. The number of rotatable bonds is 3. The molecule has 0 aliphatic rings. The molecule has 0 aromatic carbocycles. The maximum Gasteiger partial charge on any atom is 0.309 e. The lowest BCUT2D eigenvalue weighted by Crippen LogP contribution is -2.16. The fourth-order valence-corrected chi connectivity index (χ4v) is 1.56. The molecule has 0 spiro atoms. The van der Waals surface area contributed by atoms with Gasteiger partial charge in [0.15, 0.2) is 0 Å². The number of nitrogens with zero attached hydrogens (tertiary/aromatic N) is 1. The van der Waals surface area contributed by atoms with Crippen molar-refractivity contribution in [3.63, 3.8) is 0 Å². The quantitative estimate of drug-likeness (QED) is 0.824. The van der Waals surface area contributed by atoms with E-state index in [1.165, 1.54) is 0 Å². The summed E-state index contributed by atoms with van der Waals surface area (Å²) in [4.78, 5) is 13.4. The van der Waals surface area contributed by atoms with Gasteiger partial charge in [0.2, 0.25) is 0 Å². The van der Waals surface area contributed by atoms with Crippen molar-refractivity contribution < 1.29 is 18.7 Å². The van der Waals surface area contributed by atoms with Crippen molar-refractivity contribution in [2.24, 2.45) is 0 Å². The summed E-state index contributed by atoms with van der Waals surface area (Å²) in [6.45, 7) is 1.59. The lowest BCUT2D eigenvalue weighted by atomic mass is 10.2. The van der Waals surface area contributed by atoms with Crippen LogP contribution < -0.4 is 0 Å². The molecular weight excluding hydrogens is 200 g/mol. The Labute approximate surface area is 77.0 Å². The Balaban J connectivity index is 2.86. The smallest absolute Gasteiger partial charge is 0.309 e. The number of carbonyl (C=O) groups is 1. The van der Waals surface area contributed by atoms with Crippen LogP contribution in [0.4, 0.5) is 8.78 Å². The number of halogens is 2. The molecule has 72 valence electrons. The van der Waals surface area contributed by atoms with Gasteiger partial charge < -0.3 is 5.11 Å². The van der Waals surface area contributed by atoms with E-state index in [0.29, 0.717) is 5.01 Å². The van der Waals surface area contributed by atoms with Gasteiger partial charge in [0.1, 0.15) is 6.42 Å². The average Bonchev–Trinajstić information content (AvgIpc) is 2.32. The highest BCUT2D eigenvalue weighted by Crippen LogP contribution is 2.34. The number of aromatic nitrogens is 1. The van der Waals surface area contributed by atoms with Crippen LogP contribution in [-0.2, 0) is 10.7 Å². The monoisotopic (exact) mass is 207 g/mol. The molecule has 3 nitrogen and oxygen atoms in total.